The number of ether oxygens (including phenoxy) is 2. The smallest absolute Gasteiger partial charge is 0.349 e. The van der Waals surface area contributed by atoms with Crippen LogP contribution >= 0.6 is 0 Å². The van der Waals surface area contributed by atoms with Crippen molar-refractivity contribution in [3.8, 4) is 5.75 Å². The van der Waals surface area contributed by atoms with Gasteiger partial charge in [-0.3, -0.25) is 14.9 Å². The highest BCUT2D eigenvalue weighted by Crippen LogP contribution is 2.34. The highest BCUT2D eigenvalue weighted by atomic mass is 16.6. The van der Waals surface area contributed by atoms with Gasteiger partial charge in [0.25, 0.3) is 5.69 Å². The summed E-state index contributed by atoms with van der Waals surface area (Å²) in [5, 5.41) is 10.9. The largest absolute Gasteiger partial charge is 0.475 e. The number of non-ortho nitro benzene ring substituents is 1. The molecule has 0 saturated heterocycles. The van der Waals surface area contributed by atoms with Crippen LogP contribution in [0.15, 0.2) is 48.5 Å². The van der Waals surface area contributed by atoms with Crippen LogP contribution in [0.2, 0.25) is 0 Å². The lowest BCUT2D eigenvalue weighted by Gasteiger charge is -2.33. The Morgan fingerprint density at radius 2 is 2.00 bits per heavy atom. The van der Waals surface area contributed by atoms with Crippen molar-refractivity contribution in [2.45, 2.75) is 26.1 Å². The van der Waals surface area contributed by atoms with Crippen LogP contribution in [-0.2, 0) is 14.3 Å². The zero-order valence-electron chi connectivity index (χ0n) is 14.8. The van der Waals surface area contributed by atoms with Crippen LogP contribution in [0.4, 0.5) is 11.4 Å². The second kappa shape index (κ2) is 7.45. The molecule has 8 nitrogen and oxygen atoms in total. The molecule has 27 heavy (non-hydrogen) atoms. The predicted octanol–water partition coefficient (Wildman–Crippen LogP) is 3.01. The van der Waals surface area contributed by atoms with Gasteiger partial charge in [0.2, 0.25) is 12.0 Å². The minimum atomic E-state index is -0.982. The number of carbonyl (C=O) groups excluding carboxylic acids is 2. The van der Waals surface area contributed by atoms with Crippen molar-refractivity contribution in [1.82, 2.24) is 0 Å². The first-order chi connectivity index (χ1) is 12.9. The van der Waals surface area contributed by atoms with E-state index in [0.29, 0.717) is 17.0 Å². The Morgan fingerprint density at radius 1 is 1.26 bits per heavy atom. The van der Waals surface area contributed by atoms with E-state index in [0.717, 1.165) is 0 Å². The fourth-order valence-corrected chi connectivity index (χ4v) is 2.86. The molecule has 0 aliphatic carbocycles. The van der Waals surface area contributed by atoms with Gasteiger partial charge in [-0.25, -0.2) is 4.79 Å². The van der Waals surface area contributed by atoms with E-state index in [1.54, 1.807) is 37.3 Å². The average Bonchev–Trinajstić information content (AvgIpc) is 2.66. The van der Waals surface area contributed by atoms with Crippen molar-refractivity contribution in [3.05, 3.63) is 64.2 Å². The third-order valence-electron chi connectivity index (χ3n) is 4.26. The summed E-state index contributed by atoms with van der Waals surface area (Å²) >= 11 is 0. The molecular formula is C19H18N2O6. The van der Waals surface area contributed by atoms with Gasteiger partial charge in [0.1, 0.15) is 11.9 Å². The monoisotopic (exact) mass is 370 g/mol. The Labute approximate surface area is 155 Å². The second-order valence-corrected chi connectivity index (χ2v) is 6.14. The zero-order chi connectivity index (χ0) is 19.6. The molecule has 1 amide bonds. The molecule has 140 valence electrons. The molecule has 1 heterocycles. The first-order valence-electron chi connectivity index (χ1n) is 8.35. The average molecular weight is 370 g/mol. The van der Waals surface area contributed by atoms with Crippen LogP contribution < -0.4 is 9.64 Å². The molecule has 0 unspecified atom stereocenters. The Bertz CT molecular complexity index is 897. The van der Waals surface area contributed by atoms with Gasteiger partial charge in [0.15, 0.2) is 0 Å². The molecule has 8 heteroatoms. The van der Waals surface area contributed by atoms with Crippen LogP contribution in [0.25, 0.3) is 0 Å². The summed E-state index contributed by atoms with van der Waals surface area (Å²) in [5.74, 6) is -0.436. The number of esters is 1. The van der Waals surface area contributed by atoms with E-state index in [2.05, 4.69) is 0 Å². The summed E-state index contributed by atoms with van der Waals surface area (Å²) in [5.41, 5.74) is 1.01. The predicted molar refractivity (Wildman–Crippen MR) is 96.5 cm³/mol. The zero-order valence-corrected chi connectivity index (χ0v) is 14.8. The molecule has 0 fully saturated rings. The molecule has 0 radical (unpaired) electrons. The summed E-state index contributed by atoms with van der Waals surface area (Å²) in [7, 11) is 0. The van der Waals surface area contributed by atoms with Crippen molar-refractivity contribution in [2.75, 3.05) is 11.4 Å². The molecule has 2 aromatic carbocycles. The van der Waals surface area contributed by atoms with Crippen molar-refractivity contribution in [2.24, 2.45) is 0 Å². The Morgan fingerprint density at radius 3 is 2.70 bits per heavy atom. The summed E-state index contributed by atoms with van der Waals surface area (Å²) in [6.45, 7) is 3.07. The number of anilines is 1. The number of hydrogen-bond acceptors (Lipinski definition) is 6. The lowest BCUT2D eigenvalue weighted by molar-refractivity contribution is -0.385. The summed E-state index contributed by atoms with van der Waals surface area (Å²) in [6.07, 6.45) is -1.69. The van der Waals surface area contributed by atoms with E-state index in [4.69, 9.17) is 9.47 Å². The van der Waals surface area contributed by atoms with Crippen molar-refractivity contribution >= 4 is 23.3 Å². The summed E-state index contributed by atoms with van der Waals surface area (Å²) in [4.78, 5) is 36.3. The van der Waals surface area contributed by atoms with Crippen LogP contribution in [0, 0.1) is 10.1 Å². The molecule has 0 aromatic heterocycles. The first kappa shape index (κ1) is 18.4. The molecule has 0 bridgehead atoms. The van der Waals surface area contributed by atoms with Crippen LogP contribution in [0.5, 0.6) is 5.75 Å². The highest BCUT2D eigenvalue weighted by Gasteiger charge is 2.34. The van der Waals surface area contributed by atoms with Gasteiger partial charge in [0.05, 0.1) is 17.2 Å². The van der Waals surface area contributed by atoms with Crippen molar-refractivity contribution < 1.29 is 24.0 Å². The van der Waals surface area contributed by atoms with Gasteiger partial charge >= 0.3 is 5.97 Å². The number of amides is 1. The number of fused-ring (bicyclic) bond motifs is 1. The number of nitrogens with zero attached hydrogens (tertiary/aromatic N) is 2. The topological polar surface area (TPSA) is 99.0 Å². The van der Waals surface area contributed by atoms with E-state index < -0.39 is 23.1 Å². The molecule has 0 saturated carbocycles. The van der Waals surface area contributed by atoms with Crippen molar-refractivity contribution in [3.63, 3.8) is 0 Å². The first-order valence-corrected chi connectivity index (χ1v) is 8.35. The van der Waals surface area contributed by atoms with Gasteiger partial charge in [-0.2, -0.15) is 0 Å². The minimum Gasteiger partial charge on any atom is -0.475 e. The van der Waals surface area contributed by atoms with Gasteiger partial charge < -0.3 is 14.4 Å². The van der Waals surface area contributed by atoms with E-state index in [1.165, 1.54) is 30.0 Å². The fraction of sp³-hybridized carbons (Fsp3) is 0.263. The lowest BCUT2D eigenvalue weighted by atomic mass is 10.1. The number of nitro benzene ring substituents is 1. The summed E-state index contributed by atoms with van der Waals surface area (Å²) in [6, 6.07) is 12.8. The number of carbonyl (C=O) groups is 2. The standard InChI is InChI=1S/C19H18N2O6/c1-12(14-6-5-7-15(10-14)21(24)25)26-19(23)18-11-20(13(2)22)16-8-3-4-9-17(16)27-18/h3-10,12,18H,11H2,1-2H3/t12-,18+/m0/s1. The van der Waals surface area contributed by atoms with Crippen LogP contribution in [-0.4, -0.2) is 29.4 Å². The number of nitro groups is 1. The minimum absolute atomic E-state index is 0.0346. The molecule has 1 aliphatic heterocycles. The molecule has 3 rings (SSSR count). The third kappa shape index (κ3) is 3.89. The molecule has 2 aromatic rings. The number of rotatable bonds is 4. The number of para-hydroxylation sites is 2. The third-order valence-corrected chi connectivity index (χ3v) is 4.26. The van der Waals surface area contributed by atoms with Gasteiger partial charge in [-0.15, -0.1) is 0 Å². The van der Waals surface area contributed by atoms with Gasteiger partial charge in [-0.05, 0) is 24.6 Å². The van der Waals surface area contributed by atoms with Crippen LogP contribution in [0.3, 0.4) is 0 Å². The molecule has 2 atom stereocenters. The summed E-state index contributed by atoms with van der Waals surface area (Å²) < 4.78 is 11.1. The maximum absolute atomic E-state index is 12.6. The fourth-order valence-electron chi connectivity index (χ4n) is 2.86. The van der Waals surface area contributed by atoms with Gasteiger partial charge in [-0.1, -0.05) is 24.3 Å². The Hall–Kier alpha value is -3.42. The second-order valence-electron chi connectivity index (χ2n) is 6.14. The van der Waals surface area contributed by atoms with E-state index in [9.17, 15) is 19.7 Å². The Balaban J connectivity index is 1.75. The SMILES string of the molecule is CC(=O)N1C[C@H](C(=O)O[C@@H](C)c2cccc([N+](=O)[O-])c2)Oc2ccccc21. The lowest BCUT2D eigenvalue weighted by Crippen LogP contribution is -2.47. The van der Waals surface area contributed by atoms with Crippen molar-refractivity contribution in [1.29, 1.82) is 0 Å². The van der Waals surface area contributed by atoms with Gasteiger partial charge in [0, 0.05) is 19.1 Å². The molecule has 1 aliphatic rings. The maximum Gasteiger partial charge on any atom is 0.349 e. The van der Waals surface area contributed by atoms with E-state index in [1.807, 2.05) is 0 Å². The number of hydrogen-bond donors (Lipinski definition) is 0. The molecular weight excluding hydrogens is 352 g/mol. The van der Waals surface area contributed by atoms with E-state index >= 15 is 0 Å². The molecule has 0 spiro atoms. The van der Waals surface area contributed by atoms with E-state index in [-0.39, 0.29) is 18.1 Å². The highest BCUT2D eigenvalue weighted by molar-refractivity contribution is 5.95. The normalized spacial score (nSPS) is 16.7. The Kier molecular flexibility index (Phi) is 5.07. The molecule has 0 N–H and O–H groups in total. The number of benzene rings is 2. The van der Waals surface area contributed by atoms with Crippen LogP contribution in [0.1, 0.15) is 25.5 Å². The quantitative estimate of drug-likeness (QED) is 0.466. The maximum atomic E-state index is 12.6.